The topological polar surface area (TPSA) is 108 Å². The zero-order chi connectivity index (χ0) is 33.7. The number of halogens is 1. The molecule has 2 aliphatic heterocycles. The van der Waals surface area contributed by atoms with E-state index < -0.39 is 52.5 Å². The summed E-state index contributed by atoms with van der Waals surface area (Å²) in [6, 6.07) is 27.5. The number of aryl methyl sites for hydroxylation is 1. The second-order valence-corrected chi connectivity index (χ2v) is 13.8. The number of nitrogens with one attached hydrogen (secondary N) is 2. The molecule has 1 saturated heterocycles. The lowest BCUT2D eigenvalue weighted by atomic mass is 9.60. The highest BCUT2D eigenvalue weighted by molar-refractivity contribution is 6.31. The third-order valence-corrected chi connectivity index (χ3v) is 9.19. The molecule has 0 aliphatic carbocycles. The number of aliphatic hydroxyl groups is 1. The van der Waals surface area contributed by atoms with Crippen LogP contribution < -0.4 is 20.3 Å². The first-order valence-corrected chi connectivity index (χ1v) is 16.0. The predicted molar refractivity (Wildman–Crippen MR) is 181 cm³/mol. The van der Waals surface area contributed by atoms with E-state index in [4.69, 9.17) is 16.3 Å². The molecular weight excluding hydrogens is 614 g/mol. The van der Waals surface area contributed by atoms with E-state index in [0.717, 1.165) is 11.1 Å². The number of ether oxygens (including phenoxy) is 1. The first-order valence-electron chi connectivity index (χ1n) is 15.6. The molecule has 6 rings (SSSR count). The van der Waals surface area contributed by atoms with Gasteiger partial charge in [-0.3, -0.25) is 24.6 Å². The summed E-state index contributed by atoms with van der Waals surface area (Å²) in [6.45, 7) is 9.18. The molecular formula is C38H38ClN3O5. The van der Waals surface area contributed by atoms with Crippen LogP contribution in [0.3, 0.4) is 0 Å². The third-order valence-electron chi connectivity index (χ3n) is 8.96. The van der Waals surface area contributed by atoms with Crippen LogP contribution in [0.5, 0.6) is 5.75 Å². The number of carbonyl (C=O) groups excluding carboxylic acids is 3. The van der Waals surface area contributed by atoms with E-state index in [0.29, 0.717) is 5.02 Å². The maximum Gasteiger partial charge on any atom is 0.265 e. The van der Waals surface area contributed by atoms with E-state index in [-0.39, 0.29) is 22.6 Å². The van der Waals surface area contributed by atoms with Crippen LogP contribution in [-0.4, -0.2) is 40.5 Å². The van der Waals surface area contributed by atoms with Gasteiger partial charge in [-0.1, -0.05) is 90.0 Å². The van der Waals surface area contributed by atoms with Crippen molar-refractivity contribution in [3.63, 3.8) is 0 Å². The Hall–Kier alpha value is -4.50. The number of fused-ring (bicyclic) bond motifs is 1. The molecule has 0 radical (unpaired) electrons. The maximum atomic E-state index is 15.5. The highest BCUT2D eigenvalue weighted by Gasteiger charge is 2.80. The summed E-state index contributed by atoms with van der Waals surface area (Å²) < 4.78 is 6.69. The van der Waals surface area contributed by atoms with E-state index in [9.17, 15) is 9.90 Å². The van der Waals surface area contributed by atoms with Crippen molar-refractivity contribution in [1.82, 2.24) is 10.6 Å². The second-order valence-electron chi connectivity index (χ2n) is 13.4. The van der Waals surface area contributed by atoms with Crippen LogP contribution >= 0.6 is 11.6 Å². The monoisotopic (exact) mass is 651 g/mol. The number of amides is 2. The lowest BCUT2D eigenvalue weighted by molar-refractivity contribution is -0.157. The molecule has 47 heavy (non-hydrogen) atoms. The SMILES string of the molecule is Cc1ccc2c(c1)C(=O)[C@]1([C@@H](N[C@@H](C)c3ccccc3)O2)[C@@H](C(=O)NC(C)(C)C)N(c2cccc(Cl)c2)C(=O)[C@]1(O)c1ccccc1. The van der Waals surface area contributed by atoms with Crippen LogP contribution in [0.2, 0.25) is 5.02 Å². The van der Waals surface area contributed by atoms with E-state index in [1.807, 2.05) is 71.0 Å². The van der Waals surface area contributed by atoms with Crippen LogP contribution in [-0.2, 0) is 15.2 Å². The lowest BCUT2D eigenvalue weighted by Crippen LogP contribution is -2.71. The number of carbonyl (C=O) groups is 3. The number of anilines is 1. The molecule has 4 aromatic carbocycles. The molecule has 9 heteroatoms. The van der Waals surface area contributed by atoms with Gasteiger partial charge in [0.1, 0.15) is 11.8 Å². The average molecular weight is 652 g/mol. The fourth-order valence-electron chi connectivity index (χ4n) is 6.90. The van der Waals surface area contributed by atoms with Crippen LogP contribution in [0.15, 0.2) is 103 Å². The summed E-state index contributed by atoms with van der Waals surface area (Å²) in [5, 5.41) is 20.1. The van der Waals surface area contributed by atoms with Crippen LogP contribution in [0, 0.1) is 12.3 Å². The highest BCUT2D eigenvalue weighted by Crippen LogP contribution is 2.59. The molecule has 0 bridgehead atoms. The van der Waals surface area contributed by atoms with Crippen molar-refractivity contribution in [2.24, 2.45) is 5.41 Å². The molecule has 1 spiro atoms. The summed E-state index contributed by atoms with van der Waals surface area (Å²) in [5.74, 6) is -1.81. The first kappa shape index (κ1) is 32.4. The van der Waals surface area contributed by atoms with Crippen LogP contribution in [0.25, 0.3) is 0 Å². The van der Waals surface area contributed by atoms with Gasteiger partial charge in [0, 0.05) is 22.3 Å². The van der Waals surface area contributed by atoms with Crippen molar-refractivity contribution in [1.29, 1.82) is 0 Å². The minimum atomic E-state index is -2.58. The van der Waals surface area contributed by atoms with Gasteiger partial charge in [0.2, 0.25) is 5.91 Å². The number of benzene rings is 4. The Morgan fingerprint density at radius 1 is 0.936 bits per heavy atom. The molecule has 2 amide bonds. The third kappa shape index (κ3) is 5.30. The Balaban J connectivity index is 1.71. The van der Waals surface area contributed by atoms with E-state index in [2.05, 4.69) is 10.6 Å². The zero-order valence-corrected chi connectivity index (χ0v) is 27.7. The number of Topliss-reactive ketones (excluding diaryl/α,β-unsaturated/α-hetero) is 1. The van der Waals surface area contributed by atoms with Crippen molar-refractivity contribution in [3.8, 4) is 5.75 Å². The maximum absolute atomic E-state index is 15.5. The zero-order valence-electron chi connectivity index (χ0n) is 27.0. The van der Waals surface area contributed by atoms with Gasteiger partial charge < -0.3 is 15.2 Å². The Labute approximate surface area is 279 Å². The molecule has 242 valence electrons. The molecule has 0 unspecified atom stereocenters. The second kappa shape index (κ2) is 11.9. The molecule has 0 saturated carbocycles. The number of hydrogen-bond donors (Lipinski definition) is 3. The number of hydrogen-bond acceptors (Lipinski definition) is 6. The largest absolute Gasteiger partial charge is 0.473 e. The highest BCUT2D eigenvalue weighted by atomic mass is 35.5. The van der Waals surface area contributed by atoms with Gasteiger partial charge in [-0.25, -0.2) is 0 Å². The quantitative estimate of drug-likeness (QED) is 0.232. The van der Waals surface area contributed by atoms with E-state index in [1.54, 1.807) is 66.7 Å². The molecule has 0 aromatic heterocycles. The van der Waals surface area contributed by atoms with Gasteiger partial charge in [0.25, 0.3) is 5.91 Å². The lowest BCUT2D eigenvalue weighted by Gasteiger charge is -2.50. The average Bonchev–Trinajstić information content (AvgIpc) is 3.25. The van der Waals surface area contributed by atoms with Gasteiger partial charge in [-0.05, 0) is 76.1 Å². The minimum Gasteiger partial charge on any atom is -0.473 e. The van der Waals surface area contributed by atoms with Gasteiger partial charge in [-0.15, -0.1) is 0 Å². The van der Waals surface area contributed by atoms with Crippen molar-refractivity contribution in [3.05, 3.63) is 130 Å². The first-order chi connectivity index (χ1) is 22.3. The summed E-state index contributed by atoms with van der Waals surface area (Å²) >= 11 is 6.44. The van der Waals surface area contributed by atoms with Gasteiger partial charge in [0.05, 0.1) is 5.56 Å². The Morgan fingerprint density at radius 3 is 2.23 bits per heavy atom. The molecule has 4 aromatic rings. The summed E-state index contributed by atoms with van der Waals surface area (Å²) in [4.78, 5) is 46.7. The van der Waals surface area contributed by atoms with Crippen molar-refractivity contribution in [2.45, 2.75) is 64.1 Å². The molecule has 2 heterocycles. The standard InChI is InChI=1S/C38H38ClN3O5/c1-23-19-20-30-29(21-23)32(43)37(34(47-30)40-24(2)25-13-8-6-9-14-25)31(33(44)41-36(3,4)5)42(28-18-12-17-27(39)22-28)35(45)38(37,46)26-15-10-7-11-16-26/h6-22,24,31,34,40,46H,1-5H3,(H,41,44)/t24-,31+,34-,37-,38+/m0/s1. The smallest absolute Gasteiger partial charge is 0.265 e. The van der Waals surface area contributed by atoms with Gasteiger partial charge in [-0.2, -0.15) is 0 Å². The van der Waals surface area contributed by atoms with Crippen molar-refractivity contribution < 1.29 is 24.2 Å². The Kier molecular flexibility index (Phi) is 8.24. The summed E-state index contributed by atoms with van der Waals surface area (Å²) in [5.41, 5.74) is -3.37. The fraction of sp³-hybridized carbons (Fsp3) is 0.289. The van der Waals surface area contributed by atoms with Crippen LogP contribution in [0.4, 0.5) is 5.69 Å². The van der Waals surface area contributed by atoms with Crippen LogP contribution in [0.1, 0.15) is 60.8 Å². The fourth-order valence-corrected chi connectivity index (χ4v) is 7.09. The van der Waals surface area contributed by atoms with E-state index >= 15 is 9.59 Å². The number of rotatable bonds is 6. The Morgan fingerprint density at radius 2 is 1.60 bits per heavy atom. The number of nitrogens with zero attached hydrogens (tertiary/aromatic N) is 1. The normalized spacial score (nSPS) is 24.5. The van der Waals surface area contributed by atoms with Crippen molar-refractivity contribution in [2.75, 3.05) is 4.90 Å². The summed E-state index contributed by atoms with van der Waals surface area (Å²) in [6.07, 6.45) is -1.37. The van der Waals surface area contributed by atoms with E-state index in [1.165, 1.54) is 4.90 Å². The summed E-state index contributed by atoms with van der Waals surface area (Å²) in [7, 11) is 0. The predicted octanol–water partition coefficient (Wildman–Crippen LogP) is 6.10. The Bertz CT molecular complexity index is 1840. The van der Waals surface area contributed by atoms with Gasteiger partial charge in [0.15, 0.2) is 23.0 Å². The molecule has 2 aliphatic rings. The molecule has 3 N–H and O–H groups in total. The molecule has 1 fully saturated rings. The molecule has 5 atom stereocenters. The number of ketones is 1. The van der Waals surface area contributed by atoms with Gasteiger partial charge >= 0.3 is 0 Å². The molecule has 8 nitrogen and oxygen atoms in total. The minimum absolute atomic E-state index is 0.148. The van der Waals surface area contributed by atoms with Crippen molar-refractivity contribution >= 4 is 34.9 Å².